The molecule has 6 nitrogen and oxygen atoms in total. The summed E-state index contributed by atoms with van der Waals surface area (Å²) in [7, 11) is -2.21. The Morgan fingerprint density at radius 2 is 1.74 bits per heavy atom. The zero-order chi connectivity index (χ0) is 17.5. The number of benzene rings is 1. The van der Waals surface area contributed by atoms with Gasteiger partial charge in [0.2, 0.25) is 11.8 Å². The minimum atomic E-state index is -3.78. The summed E-state index contributed by atoms with van der Waals surface area (Å²) < 4.78 is 23.9. The van der Waals surface area contributed by atoms with E-state index >= 15 is 0 Å². The van der Waals surface area contributed by atoms with Crippen molar-refractivity contribution in [2.24, 2.45) is 0 Å². The third kappa shape index (κ3) is 7.27. The minimum absolute atomic E-state index is 0.485. The van der Waals surface area contributed by atoms with Crippen molar-refractivity contribution in [1.29, 1.82) is 0 Å². The van der Waals surface area contributed by atoms with Gasteiger partial charge in [-0.2, -0.15) is 0 Å². The fourth-order valence-electron chi connectivity index (χ4n) is 1.90. The Morgan fingerprint density at radius 1 is 1.13 bits per heavy atom. The van der Waals surface area contributed by atoms with E-state index < -0.39 is 33.2 Å². The van der Waals surface area contributed by atoms with Crippen molar-refractivity contribution in [3.63, 3.8) is 0 Å². The molecular formula is C16H24N2O4S. The van der Waals surface area contributed by atoms with Gasteiger partial charge >= 0.3 is 0 Å². The van der Waals surface area contributed by atoms with Gasteiger partial charge in [0, 0.05) is 19.3 Å². The number of nitrogens with zero attached hydrogens (tertiary/aromatic N) is 1. The predicted octanol–water partition coefficient (Wildman–Crippen LogP) is 1.61. The number of hydrogen-bond donors (Lipinski definition) is 1. The highest BCUT2D eigenvalue weighted by atomic mass is 32.2. The van der Waals surface area contributed by atoms with Crippen LogP contribution in [-0.4, -0.2) is 50.2 Å². The Hall–Kier alpha value is -1.89. The molecule has 1 rings (SSSR count). The van der Waals surface area contributed by atoms with E-state index in [9.17, 15) is 18.0 Å². The van der Waals surface area contributed by atoms with Crippen molar-refractivity contribution in [2.45, 2.75) is 26.7 Å². The highest BCUT2D eigenvalue weighted by Crippen LogP contribution is 2.09. The first-order chi connectivity index (χ1) is 10.7. The minimum Gasteiger partial charge on any atom is -0.345 e. The Balaban J connectivity index is 2.55. The van der Waals surface area contributed by atoms with Crippen LogP contribution in [0.25, 0.3) is 0 Å². The molecule has 0 spiro atoms. The quantitative estimate of drug-likeness (QED) is 0.779. The van der Waals surface area contributed by atoms with Crippen molar-refractivity contribution in [3.8, 4) is 0 Å². The number of carbonyl (C=O) groups excluding carboxylic acids is 2. The van der Waals surface area contributed by atoms with Crippen LogP contribution in [0.4, 0.5) is 5.69 Å². The molecule has 0 heterocycles. The number of aryl methyl sites for hydroxylation is 1. The average molecular weight is 340 g/mol. The third-order valence-corrected chi connectivity index (χ3v) is 4.69. The number of carbonyl (C=O) groups is 2. The number of sulfone groups is 1. The van der Waals surface area contributed by atoms with Gasteiger partial charge in [0.15, 0.2) is 9.84 Å². The number of anilines is 1. The second kappa shape index (κ2) is 8.67. The van der Waals surface area contributed by atoms with Gasteiger partial charge in [-0.25, -0.2) is 8.42 Å². The van der Waals surface area contributed by atoms with Gasteiger partial charge in [-0.05, 0) is 25.5 Å². The van der Waals surface area contributed by atoms with Crippen LogP contribution in [0.2, 0.25) is 0 Å². The first-order valence-corrected chi connectivity index (χ1v) is 9.36. The maximum atomic E-state index is 12.0. The van der Waals surface area contributed by atoms with E-state index in [-0.39, 0.29) is 0 Å². The van der Waals surface area contributed by atoms with Gasteiger partial charge in [0.25, 0.3) is 0 Å². The Morgan fingerprint density at radius 3 is 2.30 bits per heavy atom. The van der Waals surface area contributed by atoms with Crippen LogP contribution in [0.15, 0.2) is 24.3 Å². The van der Waals surface area contributed by atoms with Gasteiger partial charge in [-0.1, -0.05) is 31.0 Å². The summed E-state index contributed by atoms with van der Waals surface area (Å²) in [4.78, 5) is 25.1. The molecular weight excluding hydrogens is 316 g/mol. The highest BCUT2D eigenvalue weighted by molar-refractivity contribution is 7.92. The maximum Gasteiger partial charge on any atom is 0.239 e. The molecule has 0 aliphatic heterocycles. The fourth-order valence-corrected chi connectivity index (χ4v) is 3.07. The summed E-state index contributed by atoms with van der Waals surface area (Å²) in [6.45, 7) is 4.42. The summed E-state index contributed by atoms with van der Waals surface area (Å²) in [5.74, 6) is -2.47. The van der Waals surface area contributed by atoms with Crippen molar-refractivity contribution < 1.29 is 18.0 Å². The summed E-state index contributed by atoms with van der Waals surface area (Å²) in [5, 5.41) is 2.52. The van der Waals surface area contributed by atoms with Crippen LogP contribution in [0, 0.1) is 6.92 Å². The van der Waals surface area contributed by atoms with E-state index in [1.807, 2.05) is 26.0 Å². The van der Waals surface area contributed by atoms with Crippen LogP contribution < -0.4 is 5.32 Å². The van der Waals surface area contributed by atoms with Crippen LogP contribution in [0.3, 0.4) is 0 Å². The summed E-state index contributed by atoms with van der Waals surface area (Å²) in [6.07, 6.45) is 1.74. The van der Waals surface area contributed by atoms with E-state index in [4.69, 9.17) is 0 Å². The Kier molecular flexibility index (Phi) is 7.22. The van der Waals surface area contributed by atoms with Gasteiger partial charge in [0.05, 0.1) is 0 Å². The molecule has 0 aliphatic rings. The lowest BCUT2D eigenvalue weighted by molar-refractivity contribution is -0.127. The van der Waals surface area contributed by atoms with Crippen molar-refractivity contribution in [2.75, 3.05) is 30.4 Å². The number of rotatable bonds is 8. The van der Waals surface area contributed by atoms with Crippen molar-refractivity contribution >= 4 is 27.3 Å². The number of hydrogen-bond acceptors (Lipinski definition) is 4. The molecule has 128 valence electrons. The molecule has 0 fully saturated rings. The largest absolute Gasteiger partial charge is 0.345 e. The third-order valence-electron chi connectivity index (χ3n) is 3.30. The maximum absolute atomic E-state index is 12.0. The van der Waals surface area contributed by atoms with E-state index in [1.54, 1.807) is 19.2 Å². The molecule has 0 aliphatic carbocycles. The van der Waals surface area contributed by atoms with E-state index in [2.05, 4.69) is 5.32 Å². The van der Waals surface area contributed by atoms with E-state index in [0.29, 0.717) is 12.2 Å². The second-order valence-electron chi connectivity index (χ2n) is 5.62. The lowest BCUT2D eigenvalue weighted by Crippen LogP contribution is -2.36. The zero-order valence-corrected chi connectivity index (χ0v) is 14.6. The summed E-state index contributed by atoms with van der Waals surface area (Å²) in [5.41, 5.74) is 1.57. The van der Waals surface area contributed by atoms with E-state index in [0.717, 1.165) is 18.4 Å². The fraction of sp³-hybridized carbons (Fsp3) is 0.500. The van der Waals surface area contributed by atoms with Crippen molar-refractivity contribution in [3.05, 3.63) is 29.8 Å². The van der Waals surface area contributed by atoms with Crippen LogP contribution in [0.1, 0.15) is 25.3 Å². The number of nitrogens with one attached hydrogen (secondary N) is 1. The smallest absolute Gasteiger partial charge is 0.239 e. The van der Waals surface area contributed by atoms with Gasteiger partial charge in [-0.15, -0.1) is 0 Å². The summed E-state index contributed by atoms with van der Waals surface area (Å²) in [6, 6.07) is 7.03. The molecule has 23 heavy (non-hydrogen) atoms. The molecule has 1 aromatic carbocycles. The first-order valence-electron chi connectivity index (χ1n) is 7.54. The van der Waals surface area contributed by atoms with Gasteiger partial charge < -0.3 is 10.2 Å². The SMILES string of the molecule is CCCCN(C)C(=O)CS(=O)(=O)CC(=O)Nc1ccc(C)cc1. The molecule has 7 heteroatoms. The molecule has 0 atom stereocenters. The zero-order valence-electron chi connectivity index (χ0n) is 13.8. The summed E-state index contributed by atoms with van der Waals surface area (Å²) >= 11 is 0. The topological polar surface area (TPSA) is 83.6 Å². The first kappa shape index (κ1) is 19.2. The Labute approximate surface area is 137 Å². The van der Waals surface area contributed by atoms with Gasteiger partial charge in [-0.3, -0.25) is 9.59 Å². The van der Waals surface area contributed by atoms with Crippen LogP contribution >= 0.6 is 0 Å². The highest BCUT2D eigenvalue weighted by Gasteiger charge is 2.22. The normalized spacial score (nSPS) is 11.1. The molecule has 0 bridgehead atoms. The van der Waals surface area contributed by atoms with E-state index in [1.165, 1.54) is 4.90 Å². The molecule has 0 saturated heterocycles. The molecule has 0 saturated carbocycles. The lowest BCUT2D eigenvalue weighted by Gasteiger charge is -2.16. The lowest BCUT2D eigenvalue weighted by atomic mass is 10.2. The number of amides is 2. The average Bonchev–Trinajstić information content (AvgIpc) is 2.45. The molecule has 1 N–H and O–H groups in total. The van der Waals surface area contributed by atoms with Gasteiger partial charge in [0.1, 0.15) is 11.5 Å². The predicted molar refractivity (Wildman–Crippen MR) is 91.0 cm³/mol. The molecule has 0 radical (unpaired) electrons. The standard InChI is InChI=1S/C16H24N2O4S/c1-4-5-10-18(3)16(20)12-23(21,22)11-15(19)17-14-8-6-13(2)7-9-14/h6-9H,4-5,10-12H2,1-3H3,(H,17,19). The molecule has 0 unspecified atom stereocenters. The van der Waals surface area contributed by atoms with Crippen LogP contribution in [0.5, 0.6) is 0 Å². The second-order valence-corrected chi connectivity index (χ2v) is 7.68. The molecule has 2 amide bonds. The molecule has 1 aromatic rings. The molecule has 0 aromatic heterocycles. The monoisotopic (exact) mass is 340 g/mol. The van der Waals surface area contributed by atoms with Crippen molar-refractivity contribution in [1.82, 2.24) is 4.90 Å². The van der Waals surface area contributed by atoms with Crippen LogP contribution in [-0.2, 0) is 19.4 Å². The number of unbranched alkanes of at least 4 members (excludes halogenated alkanes) is 1. The Bertz CT molecular complexity index is 639.